The summed E-state index contributed by atoms with van der Waals surface area (Å²) in [6.07, 6.45) is 0. The molecule has 0 aliphatic carbocycles. The Hall–Kier alpha value is -2.49. The molecule has 0 aliphatic rings. The van der Waals surface area contributed by atoms with Gasteiger partial charge in [-0.15, -0.1) is 0 Å². The van der Waals surface area contributed by atoms with Crippen molar-refractivity contribution in [2.24, 2.45) is 0 Å². The second-order valence-corrected chi connectivity index (χ2v) is 4.40. The fourth-order valence-corrected chi connectivity index (χ4v) is 2.12. The van der Waals surface area contributed by atoms with Gasteiger partial charge in [-0.3, -0.25) is 0 Å². The molecule has 0 unspecified atom stereocenters. The molecule has 0 aromatic heterocycles. The van der Waals surface area contributed by atoms with E-state index in [9.17, 15) is 4.79 Å². The zero-order valence-corrected chi connectivity index (χ0v) is 11.6. The van der Waals surface area contributed by atoms with E-state index in [2.05, 4.69) is 0 Å². The first-order chi connectivity index (χ1) is 9.56. The van der Waals surface area contributed by atoms with Gasteiger partial charge in [0.15, 0.2) is 0 Å². The van der Waals surface area contributed by atoms with Crippen molar-refractivity contribution in [1.29, 1.82) is 0 Å². The molecule has 2 aromatic carbocycles. The molecule has 0 saturated heterocycles. The summed E-state index contributed by atoms with van der Waals surface area (Å²) < 4.78 is 10.3. The molecule has 0 amide bonds. The Kier molecular flexibility index (Phi) is 3.94. The van der Waals surface area contributed by atoms with Gasteiger partial charge in [0.05, 0.1) is 14.2 Å². The highest BCUT2D eigenvalue weighted by Crippen LogP contribution is 2.31. The lowest BCUT2D eigenvalue weighted by atomic mass is 9.98. The second-order valence-electron chi connectivity index (χ2n) is 4.40. The van der Waals surface area contributed by atoms with E-state index in [1.807, 2.05) is 25.1 Å². The SMILES string of the molecule is COc1ccc(-c2ccc(C(=O)O)c(OC)c2)c(C)c1. The van der Waals surface area contributed by atoms with Crippen molar-refractivity contribution in [1.82, 2.24) is 0 Å². The van der Waals surface area contributed by atoms with Crippen molar-refractivity contribution in [3.63, 3.8) is 0 Å². The smallest absolute Gasteiger partial charge is 0.339 e. The summed E-state index contributed by atoms with van der Waals surface area (Å²) in [6, 6.07) is 10.8. The number of aryl methyl sites for hydroxylation is 1. The molecule has 0 heterocycles. The van der Waals surface area contributed by atoms with E-state index in [0.29, 0.717) is 5.75 Å². The Morgan fingerprint density at radius 3 is 2.35 bits per heavy atom. The van der Waals surface area contributed by atoms with Crippen LogP contribution >= 0.6 is 0 Å². The Balaban J connectivity index is 2.51. The molecular formula is C16H16O4. The number of carboxylic acid groups (broad SMARTS) is 1. The summed E-state index contributed by atoms with van der Waals surface area (Å²) in [7, 11) is 3.09. The highest BCUT2D eigenvalue weighted by Gasteiger charge is 2.13. The van der Waals surface area contributed by atoms with Crippen molar-refractivity contribution in [3.8, 4) is 22.6 Å². The van der Waals surface area contributed by atoms with Crippen LogP contribution in [0.4, 0.5) is 0 Å². The number of rotatable bonds is 4. The molecule has 0 spiro atoms. The van der Waals surface area contributed by atoms with Crippen LogP contribution in [0.3, 0.4) is 0 Å². The molecule has 0 saturated carbocycles. The summed E-state index contributed by atoms with van der Waals surface area (Å²) in [5, 5.41) is 9.08. The number of carbonyl (C=O) groups is 1. The van der Waals surface area contributed by atoms with Crippen LogP contribution in [-0.4, -0.2) is 25.3 Å². The lowest BCUT2D eigenvalue weighted by Gasteiger charge is -2.11. The normalized spacial score (nSPS) is 10.2. The molecule has 4 nitrogen and oxygen atoms in total. The molecule has 0 bridgehead atoms. The molecule has 1 N–H and O–H groups in total. The third kappa shape index (κ3) is 2.59. The average Bonchev–Trinajstić information content (AvgIpc) is 2.46. The van der Waals surface area contributed by atoms with Crippen molar-refractivity contribution in [2.45, 2.75) is 6.92 Å². The zero-order chi connectivity index (χ0) is 14.7. The van der Waals surface area contributed by atoms with E-state index in [-0.39, 0.29) is 5.56 Å². The van der Waals surface area contributed by atoms with Crippen LogP contribution in [-0.2, 0) is 0 Å². The van der Waals surface area contributed by atoms with Crippen LogP contribution < -0.4 is 9.47 Å². The largest absolute Gasteiger partial charge is 0.497 e. The number of benzene rings is 2. The summed E-state index contributed by atoms with van der Waals surface area (Å²) in [5.41, 5.74) is 3.13. The van der Waals surface area contributed by atoms with Gasteiger partial charge in [-0.05, 0) is 47.9 Å². The summed E-state index contributed by atoms with van der Waals surface area (Å²) in [4.78, 5) is 11.1. The van der Waals surface area contributed by atoms with Gasteiger partial charge in [-0.1, -0.05) is 12.1 Å². The molecule has 0 radical (unpaired) electrons. The minimum absolute atomic E-state index is 0.155. The first kappa shape index (κ1) is 13.9. The fourth-order valence-electron chi connectivity index (χ4n) is 2.12. The van der Waals surface area contributed by atoms with Gasteiger partial charge in [0.2, 0.25) is 0 Å². The first-order valence-electron chi connectivity index (χ1n) is 6.13. The molecular weight excluding hydrogens is 256 g/mol. The van der Waals surface area contributed by atoms with Crippen LogP contribution in [0, 0.1) is 6.92 Å². The highest BCUT2D eigenvalue weighted by atomic mass is 16.5. The maximum Gasteiger partial charge on any atom is 0.339 e. The molecule has 0 aliphatic heterocycles. The first-order valence-corrected chi connectivity index (χ1v) is 6.13. The average molecular weight is 272 g/mol. The van der Waals surface area contributed by atoms with Crippen LogP contribution in [0.25, 0.3) is 11.1 Å². The van der Waals surface area contributed by atoms with Gasteiger partial charge < -0.3 is 14.6 Å². The van der Waals surface area contributed by atoms with E-state index in [1.54, 1.807) is 25.3 Å². The highest BCUT2D eigenvalue weighted by molar-refractivity contribution is 5.92. The van der Waals surface area contributed by atoms with Crippen molar-refractivity contribution >= 4 is 5.97 Å². The van der Waals surface area contributed by atoms with E-state index in [1.165, 1.54) is 7.11 Å². The number of ether oxygens (including phenoxy) is 2. The Morgan fingerprint density at radius 1 is 1.05 bits per heavy atom. The molecule has 4 heteroatoms. The van der Waals surface area contributed by atoms with Crippen LogP contribution in [0.1, 0.15) is 15.9 Å². The quantitative estimate of drug-likeness (QED) is 0.927. The Bertz CT molecular complexity index is 647. The molecule has 20 heavy (non-hydrogen) atoms. The van der Waals surface area contributed by atoms with Crippen molar-refractivity contribution in [3.05, 3.63) is 47.5 Å². The zero-order valence-electron chi connectivity index (χ0n) is 11.6. The van der Waals surface area contributed by atoms with Gasteiger partial charge >= 0.3 is 5.97 Å². The lowest BCUT2D eigenvalue weighted by Crippen LogP contribution is -2.00. The van der Waals surface area contributed by atoms with Crippen LogP contribution in [0.15, 0.2) is 36.4 Å². The molecule has 0 fully saturated rings. The second kappa shape index (κ2) is 5.65. The van der Waals surface area contributed by atoms with E-state index < -0.39 is 5.97 Å². The molecule has 104 valence electrons. The van der Waals surface area contributed by atoms with E-state index in [4.69, 9.17) is 14.6 Å². The number of methoxy groups -OCH3 is 2. The minimum Gasteiger partial charge on any atom is -0.497 e. The Labute approximate surface area is 117 Å². The van der Waals surface area contributed by atoms with E-state index in [0.717, 1.165) is 22.4 Å². The topological polar surface area (TPSA) is 55.8 Å². The third-order valence-electron chi connectivity index (χ3n) is 3.18. The van der Waals surface area contributed by atoms with Crippen molar-refractivity contribution in [2.75, 3.05) is 14.2 Å². The molecule has 2 aromatic rings. The van der Waals surface area contributed by atoms with Gasteiger partial charge in [-0.25, -0.2) is 4.79 Å². The van der Waals surface area contributed by atoms with Gasteiger partial charge in [0.25, 0.3) is 0 Å². The summed E-state index contributed by atoms with van der Waals surface area (Å²) in [6.45, 7) is 1.98. The van der Waals surface area contributed by atoms with Crippen molar-refractivity contribution < 1.29 is 19.4 Å². The number of hydrogen-bond donors (Lipinski definition) is 1. The van der Waals surface area contributed by atoms with E-state index >= 15 is 0 Å². The van der Waals surface area contributed by atoms with Gasteiger partial charge in [0, 0.05) is 0 Å². The standard InChI is InChI=1S/C16H16O4/c1-10-8-12(19-2)5-7-13(10)11-4-6-14(16(17)18)15(9-11)20-3/h4-9H,1-3H3,(H,17,18). The van der Waals surface area contributed by atoms with Gasteiger partial charge in [-0.2, -0.15) is 0 Å². The lowest BCUT2D eigenvalue weighted by molar-refractivity contribution is 0.0693. The number of aromatic carboxylic acids is 1. The summed E-state index contributed by atoms with van der Waals surface area (Å²) in [5.74, 6) is 0.144. The monoisotopic (exact) mass is 272 g/mol. The maximum atomic E-state index is 11.1. The van der Waals surface area contributed by atoms with Gasteiger partial charge in [0.1, 0.15) is 17.1 Å². The number of carboxylic acids is 1. The maximum absolute atomic E-state index is 11.1. The third-order valence-corrected chi connectivity index (χ3v) is 3.18. The predicted octanol–water partition coefficient (Wildman–Crippen LogP) is 3.38. The molecule has 0 atom stereocenters. The molecule has 2 rings (SSSR count). The predicted molar refractivity (Wildman–Crippen MR) is 76.7 cm³/mol. The van der Waals surface area contributed by atoms with Crippen LogP contribution in [0.5, 0.6) is 11.5 Å². The van der Waals surface area contributed by atoms with Crippen LogP contribution in [0.2, 0.25) is 0 Å². The fraction of sp³-hybridized carbons (Fsp3) is 0.188. The number of hydrogen-bond acceptors (Lipinski definition) is 3. The Morgan fingerprint density at radius 2 is 1.80 bits per heavy atom. The minimum atomic E-state index is -1.00. The summed E-state index contributed by atoms with van der Waals surface area (Å²) >= 11 is 0.